The van der Waals surface area contributed by atoms with E-state index in [4.69, 9.17) is 28.4 Å². The number of ether oxygens (including phenoxy) is 6. The molecule has 0 aliphatic carbocycles. The lowest BCUT2D eigenvalue weighted by Gasteiger charge is -2.49. The Kier molecular flexibility index (Phi) is 4.62. The molecule has 0 saturated carbocycles. The van der Waals surface area contributed by atoms with Gasteiger partial charge in [-0.15, -0.1) is 0 Å². The predicted molar refractivity (Wildman–Crippen MR) is 103 cm³/mol. The Morgan fingerprint density at radius 3 is 2.74 bits per heavy atom. The van der Waals surface area contributed by atoms with Gasteiger partial charge in [-0.2, -0.15) is 0 Å². The molecule has 0 amide bonds. The molecule has 166 valence electrons. The van der Waals surface area contributed by atoms with Gasteiger partial charge in [0, 0.05) is 20.6 Å². The number of fused-ring (bicyclic) bond motifs is 1. The van der Waals surface area contributed by atoms with E-state index in [0.29, 0.717) is 30.8 Å². The quantitative estimate of drug-likeness (QED) is 0.504. The fraction of sp³-hybridized carbons (Fsp3) is 0.591. The van der Waals surface area contributed by atoms with Crippen molar-refractivity contribution < 1.29 is 42.8 Å². The Hall–Kier alpha value is -2.49. The van der Waals surface area contributed by atoms with Crippen molar-refractivity contribution in [3.63, 3.8) is 0 Å². The fourth-order valence-electron chi connectivity index (χ4n) is 5.78. The van der Waals surface area contributed by atoms with Crippen molar-refractivity contribution in [3.05, 3.63) is 23.8 Å². The summed E-state index contributed by atoms with van der Waals surface area (Å²) in [4.78, 5) is 37.5. The van der Waals surface area contributed by atoms with Gasteiger partial charge in [0.2, 0.25) is 0 Å². The van der Waals surface area contributed by atoms with Crippen LogP contribution in [0.25, 0.3) is 0 Å². The zero-order valence-electron chi connectivity index (χ0n) is 17.5. The van der Waals surface area contributed by atoms with Crippen molar-refractivity contribution >= 4 is 17.7 Å². The zero-order valence-corrected chi connectivity index (χ0v) is 17.5. The number of Topliss-reactive ketones (excluding diaryl/α,β-unsaturated/α-hetero) is 1. The van der Waals surface area contributed by atoms with Crippen LogP contribution in [-0.4, -0.2) is 63.0 Å². The first-order chi connectivity index (χ1) is 14.9. The fourth-order valence-corrected chi connectivity index (χ4v) is 5.78. The summed E-state index contributed by atoms with van der Waals surface area (Å²) in [5.74, 6) is -0.999. The highest BCUT2D eigenvalue weighted by Gasteiger charge is 2.79. The number of carbonyl (C=O) groups is 3. The lowest BCUT2D eigenvalue weighted by atomic mass is 9.65. The molecule has 0 N–H and O–H groups in total. The lowest BCUT2D eigenvalue weighted by Crippen LogP contribution is -2.65. The molecule has 1 aromatic rings. The van der Waals surface area contributed by atoms with Crippen molar-refractivity contribution in [2.45, 2.75) is 43.7 Å². The molecule has 1 spiro atoms. The van der Waals surface area contributed by atoms with E-state index in [1.54, 1.807) is 18.2 Å². The minimum atomic E-state index is -0.982. The van der Waals surface area contributed by atoms with Gasteiger partial charge in [0.1, 0.15) is 29.8 Å². The van der Waals surface area contributed by atoms with Crippen molar-refractivity contribution in [2.24, 2.45) is 11.3 Å². The van der Waals surface area contributed by atoms with Gasteiger partial charge in [-0.25, -0.2) is 0 Å². The standard InChI is InChI=1S/C22H24O9/c1-11(23)30-13-5-4-12(8-14(13)26-2)18(27-3)16-17(24)15-9-21-6-7-28-19(16)22(21,31-15)10-29-20(21)25/h4-5,8,15-16,18-19H,6-7,9-10H2,1-3H3/t15-,16+,18?,19+,21-,22-/m1/s1. The van der Waals surface area contributed by atoms with Gasteiger partial charge in [-0.05, 0) is 30.5 Å². The summed E-state index contributed by atoms with van der Waals surface area (Å²) in [5, 5.41) is 0. The van der Waals surface area contributed by atoms with Crippen LogP contribution in [0.5, 0.6) is 11.5 Å². The highest BCUT2D eigenvalue weighted by atomic mass is 16.6. The van der Waals surface area contributed by atoms with Crippen LogP contribution in [0.3, 0.4) is 0 Å². The van der Waals surface area contributed by atoms with Crippen LogP contribution in [0.2, 0.25) is 0 Å². The van der Waals surface area contributed by atoms with E-state index >= 15 is 0 Å². The number of hydrogen-bond donors (Lipinski definition) is 0. The lowest BCUT2D eigenvalue weighted by molar-refractivity contribution is -0.241. The molecule has 9 heteroatoms. The Bertz CT molecular complexity index is 958. The second-order valence-corrected chi connectivity index (χ2v) is 8.49. The maximum Gasteiger partial charge on any atom is 0.315 e. The van der Waals surface area contributed by atoms with Gasteiger partial charge in [0.15, 0.2) is 17.3 Å². The van der Waals surface area contributed by atoms with E-state index in [2.05, 4.69) is 0 Å². The number of rotatable bonds is 5. The molecule has 6 atom stereocenters. The molecule has 2 bridgehead atoms. The Morgan fingerprint density at radius 2 is 2.03 bits per heavy atom. The van der Waals surface area contributed by atoms with Crippen LogP contribution in [0.15, 0.2) is 18.2 Å². The first kappa shape index (κ1) is 20.4. The highest BCUT2D eigenvalue weighted by Crippen LogP contribution is 2.63. The third-order valence-corrected chi connectivity index (χ3v) is 7.11. The Balaban J connectivity index is 1.55. The maximum atomic E-state index is 13.5. The number of esters is 2. The van der Waals surface area contributed by atoms with Crippen LogP contribution in [0.4, 0.5) is 0 Å². The topological polar surface area (TPSA) is 107 Å². The van der Waals surface area contributed by atoms with Gasteiger partial charge >= 0.3 is 11.9 Å². The van der Waals surface area contributed by atoms with Crippen LogP contribution < -0.4 is 9.47 Å². The zero-order chi connectivity index (χ0) is 22.0. The minimum absolute atomic E-state index is 0.0714. The molecule has 4 aliphatic heterocycles. The van der Waals surface area contributed by atoms with E-state index in [1.165, 1.54) is 21.1 Å². The van der Waals surface area contributed by atoms with Gasteiger partial charge in [0.05, 0.1) is 19.1 Å². The number of methoxy groups -OCH3 is 2. The Labute approximate surface area is 178 Å². The molecule has 4 fully saturated rings. The molecule has 9 nitrogen and oxygen atoms in total. The van der Waals surface area contributed by atoms with E-state index in [0.717, 1.165) is 0 Å². The molecular formula is C22H24O9. The Morgan fingerprint density at radius 1 is 1.23 bits per heavy atom. The molecule has 0 aromatic heterocycles. The minimum Gasteiger partial charge on any atom is -0.493 e. The third-order valence-electron chi connectivity index (χ3n) is 7.11. The summed E-state index contributed by atoms with van der Waals surface area (Å²) in [6.07, 6.45) is -1.27. The smallest absolute Gasteiger partial charge is 0.315 e. The number of carbonyl (C=O) groups excluding carboxylic acids is 3. The van der Waals surface area contributed by atoms with Gasteiger partial charge in [-0.3, -0.25) is 14.4 Å². The molecule has 4 heterocycles. The van der Waals surface area contributed by atoms with E-state index in [-0.39, 0.29) is 24.1 Å². The normalized spacial score (nSPS) is 36.5. The van der Waals surface area contributed by atoms with Gasteiger partial charge in [0.25, 0.3) is 0 Å². The van der Waals surface area contributed by atoms with E-state index in [9.17, 15) is 14.4 Å². The van der Waals surface area contributed by atoms with Crippen molar-refractivity contribution in [2.75, 3.05) is 27.4 Å². The summed E-state index contributed by atoms with van der Waals surface area (Å²) in [6.45, 7) is 1.72. The summed E-state index contributed by atoms with van der Waals surface area (Å²) in [7, 11) is 2.98. The SMILES string of the molecule is COc1cc(C(OC)[C@@H]2C(=O)[C@H]3C[C@@]45CCO[C@@H]2[C@@]4(COC5=O)O3)ccc1OC(C)=O. The van der Waals surface area contributed by atoms with E-state index in [1.807, 2.05) is 0 Å². The van der Waals surface area contributed by atoms with E-state index < -0.39 is 41.2 Å². The van der Waals surface area contributed by atoms with Crippen LogP contribution >= 0.6 is 0 Å². The summed E-state index contributed by atoms with van der Waals surface area (Å²) in [6, 6.07) is 5.01. The number of cyclic esters (lactones) is 1. The van der Waals surface area contributed by atoms with Gasteiger partial charge < -0.3 is 28.4 Å². The number of ketones is 1. The predicted octanol–water partition coefficient (Wildman–Crippen LogP) is 1.37. The molecule has 0 radical (unpaired) electrons. The van der Waals surface area contributed by atoms with Crippen LogP contribution in [-0.2, 0) is 33.3 Å². The first-order valence-electron chi connectivity index (χ1n) is 10.3. The summed E-state index contributed by atoms with van der Waals surface area (Å²) in [5.41, 5.74) is -1.17. The van der Waals surface area contributed by atoms with Crippen molar-refractivity contribution in [3.8, 4) is 11.5 Å². The number of hydrogen-bond acceptors (Lipinski definition) is 9. The van der Waals surface area contributed by atoms with Crippen LogP contribution in [0, 0.1) is 11.3 Å². The molecular weight excluding hydrogens is 408 g/mol. The molecule has 5 rings (SSSR count). The average molecular weight is 432 g/mol. The second-order valence-electron chi connectivity index (χ2n) is 8.49. The third kappa shape index (κ3) is 2.63. The highest BCUT2D eigenvalue weighted by molar-refractivity contribution is 5.93. The van der Waals surface area contributed by atoms with Gasteiger partial charge in [-0.1, -0.05) is 6.07 Å². The second kappa shape index (κ2) is 7.01. The van der Waals surface area contributed by atoms with Crippen molar-refractivity contribution in [1.29, 1.82) is 0 Å². The molecule has 4 saturated heterocycles. The first-order valence-corrected chi connectivity index (χ1v) is 10.3. The average Bonchev–Trinajstić information content (AvgIpc) is 3.24. The van der Waals surface area contributed by atoms with Crippen molar-refractivity contribution in [1.82, 2.24) is 0 Å². The summed E-state index contributed by atoms with van der Waals surface area (Å²) < 4.78 is 34.0. The number of benzene rings is 1. The molecule has 31 heavy (non-hydrogen) atoms. The van der Waals surface area contributed by atoms with Crippen LogP contribution in [0.1, 0.15) is 31.4 Å². The largest absolute Gasteiger partial charge is 0.493 e. The summed E-state index contributed by atoms with van der Waals surface area (Å²) >= 11 is 0. The maximum absolute atomic E-state index is 13.5. The molecule has 1 unspecified atom stereocenters. The molecule has 4 aliphatic rings. The molecule has 1 aromatic carbocycles. The monoisotopic (exact) mass is 432 g/mol.